The molecule has 1 fully saturated rings. The van der Waals surface area contributed by atoms with Gasteiger partial charge in [-0.15, -0.1) is 0 Å². The maximum Gasteiger partial charge on any atom is 0.262 e. The minimum atomic E-state index is -0.204. The highest BCUT2D eigenvalue weighted by atomic mass is 16.5. The second-order valence-electron chi connectivity index (χ2n) is 7.19. The van der Waals surface area contributed by atoms with Crippen molar-refractivity contribution < 1.29 is 19.1 Å². The van der Waals surface area contributed by atoms with Crippen LogP contribution in [-0.2, 0) is 11.3 Å². The van der Waals surface area contributed by atoms with Crippen LogP contribution < -0.4 is 14.8 Å². The van der Waals surface area contributed by atoms with Gasteiger partial charge >= 0.3 is 0 Å². The average molecular weight is 395 g/mol. The molecule has 2 heterocycles. The minimum Gasteiger partial charge on any atom is -0.494 e. The summed E-state index contributed by atoms with van der Waals surface area (Å²) in [5, 5.41) is 2.75. The third-order valence-electron chi connectivity index (χ3n) is 5.16. The van der Waals surface area contributed by atoms with E-state index in [4.69, 9.17) is 9.47 Å². The zero-order chi connectivity index (χ0) is 20.2. The van der Waals surface area contributed by atoms with Crippen LogP contribution in [0.4, 0.5) is 5.69 Å². The molecule has 1 saturated heterocycles. The van der Waals surface area contributed by atoms with E-state index in [0.29, 0.717) is 36.7 Å². The molecule has 0 saturated carbocycles. The van der Waals surface area contributed by atoms with Gasteiger partial charge in [-0.3, -0.25) is 14.5 Å². The molecule has 2 aliphatic heterocycles. The Morgan fingerprint density at radius 3 is 2.59 bits per heavy atom. The van der Waals surface area contributed by atoms with Crippen molar-refractivity contribution in [3.63, 3.8) is 0 Å². The Hall–Kier alpha value is -3.06. The molecule has 2 aliphatic rings. The summed E-state index contributed by atoms with van der Waals surface area (Å²) < 4.78 is 10.8. The number of amides is 2. The maximum absolute atomic E-state index is 12.9. The standard InChI is InChI=1S/C22H25N3O4/c1-2-28-18-6-3-16(4-7-18)14-24-9-11-25(12-10-24)22(27)17-5-8-20-19(13-17)23-21(26)15-29-20/h3-8,13H,2,9-12,14-15H2,1H3,(H,23,26). The van der Waals surface area contributed by atoms with Gasteiger partial charge in [0.2, 0.25) is 0 Å². The van der Waals surface area contributed by atoms with Gasteiger partial charge in [0.1, 0.15) is 11.5 Å². The Morgan fingerprint density at radius 1 is 1.10 bits per heavy atom. The number of rotatable bonds is 5. The SMILES string of the molecule is CCOc1ccc(CN2CCN(C(=O)c3ccc4c(c3)NC(=O)CO4)CC2)cc1. The molecule has 7 heteroatoms. The van der Waals surface area contributed by atoms with Gasteiger partial charge in [0.15, 0.2) is 6.61 Å². The van der Waals surface area contributed by atoms with Crippen LogP contribution in [0.25, 0.3) is 0 Å². The molecular weight excluding hydrogens is 370 g/mol. The van der Waals surface area contributed by atoms with Crippen LogP contribution in [-0.4, -0.2) is 61.0 Å². The van der Waals surface area contributed by atoms with Crippen molar-refractivity contribution in [1.82, 2.24) is 9.80 Å². The van der Waals surface area contributed by atoms with Gasteiger partial charge in [-0.1, -0.05) is 12.1 Å². The number of anilines is 1. The first-order valence-corrected chi connectivity index (χ1v) is 9.92. The Kier molecular flexibility index (Phi) is 5.67. The number of piperazine rings is 1. The van der Waals surface area contributed by atoms with Crippen LogP contribution in [0, 0.1) is 0 Å². The Bertz CT molecular complexity index is 889. The molecule has 1 N–H and O–H groups in total. The lowest BCUT2D eigenvalue weighted by atomic mass is 10.1. The molecule has 0 atom stereocenters. The predicted octanol–water partition coefficient (Wildman–Crippen LogP) is 2.37. The zero-order valence-electron chi connectivity index (χ0n) is 16.5. The van der Waals surface area contributed by atoms with Gasteiger partial charge in [-0.05, 0) is 42.8 Å². The second kappa shape index (κ2) is 8.53. The van der Waals surface area contributed by atoms with E-state index in [-0.39, 0.29) is 18.4 Å². The van der Waals surface area contributed by atoms with Crippen LogP contribution in [0.2, 0.25) is 0 Å². The monoisotopic (exact) mass is 395 g/mol. The number of nitrogens with zero attached hydrogens (tertiary/aromatic N) is 2. The molecule has 0 spiro atoms. The van der Waals surface area contributed by atoms with Gasteiger partial charge in [0.25, 0.3) is 11.8 Å². The van der Waals surface area contributed by atoms with Crippen molar-refractivity contribution in [1.29, 1.82) is 0 Å². The van der Waals surface area contributed by atoms with E-state index >= 15 is 0 Å². The first-order chi connectivity index (χ1) is 14.1. The topological polar surface area (TPSA) is 71.1 Å². The number of ether oxygens (including phenoxy) is 2. The fourth-order valence-electron chi connectivity index (χ4n) is 3.62. The number of hydrogen-bond donors (Lipinski definition) is 1. The number of carbonyl (C=O) groups excluding carboxylic acids is 2. The van der Waals surface area contributed by atoms with E-state index in [0.717, 1.165) is 25.4 Å². The molecule has 0 radical (unpaired) electrons. The highest BCUT2D eigenvalue weighted by Crippen LogP contribution is 2.29. The summed E-state index contributed by atoms with van der Waals surface area (Å²) in [6, 6.07) is 13.4. The van der Waals surface area contributed by atoms with Gasteiger partial charge in [0, 0.05) is 38.3 Å². The second-order valence-corrected chi connectivity index (χ2v) is 7.19. The van der Waals surface area contributed by atoms with Crippen LogP contribution in [0.15, 0.2) is 42.5 Å². The molecule has 29 heavy (non-hydrogen) atoms. The van der Waals surface area contributed by atoms with Crippen molar-refractivity contribution in [2.24, 2.45) is 0 Å². The van der Waals surface area contributed by atoms with Crippen LogP contribution in [0.3, 0.4) is 0 Å². The first-order valence-electron chi connectivity index (χ1n) is 9.92. The molecule has 0 aliphatic carbocycles. The third-order valence-corrected chi connectivity index (χ3v) is 5.16. The summed E-state index contributed by atoms with van der Waals surface area (Å²) in [6.07, 6.45) is 0. The maximum atomic E-state index is 12.9. The summed E-state index contributed by atoms with van der Waals surface area (Å²) in [5.41, 5.74) is 2.36. The zero-order valence-corrected chi connectivity index (χ0v) is 16.5. The van der Waals surface area contributed by atoms with Crippen LogP contribution >= 0.6 is 0 Å². The Labute approximate surface area is 170 Å². The smallest absolute Gasteiger partial charge is 0.262 e. The molecule has 2 aromatic rings. The van der Waals surface area contributed by atoms with Gasteiger partial charge < -0.3 is 19.7 Å². The van der Waals surface area contributed by atoms with Crippen molar-refractivity contribution >= 4 is 17.5 Å². The molecule has 2 aromatic carbocycles. The van der Waals surface area contributed by atoms with Crippen LogP contribution in [0.1, 0.15) is 22.8 Å². The summed E-state index contributed by atoms with van der Waals surface area (Å²) in [5.74, 6) is 1.26. The normalized spacial score (nSPS) is 16.6. The summed E-state index contributed by atoms with van der Waals surface area (Å²) in [7, 11) is 0. The third kappa shape index (κ3) is 4.51. The number of carbonyl (C=O) groups is 2. The predicted molar refractivity (Wildman–Crippen MR) is 109 cm³/mol. The fraction of sp³-hybridized carbons (Fsp3) is 0.364. The van der Waals surface area contributed by atoms with Gasteiger partial charge in [-0.2, -0.15) is 0 Å². The average Bonchev–Trinajstić information content (AvgIpc) is 2.75. The van der Waals surface area contributed by atoms with E-state index in [1.165, 1.54) is 5.56 Å². The lowest BCUT2D eigenvalue weighted by molar-refractivity contribution is -0.118. The molecular formula is C22H25N3O4. The molecule has 2 amide bonds. The largest absolute Gasteiger partial charge is 0.494 e. The van der Waals surface area contributed by atoms with Crippen molar-refractivity contribution in [2.75, 3.05) is 44.7 Å². The summed E-state index contributed by atoms with van der Waals surface area (Å²) in [4.78, 5) is 28.6. The van der Waals surface area contributed by atoms with E-state index in [9.17, 15) is 9.59 Å². The fourth-order valence-corrected chi connectivity index (χ4v) is 3.62. The van der Waals surface area contributed by atoms with Gasteiger partial charge in [-0.25, -0.2) is 0 Å². The van der Waals surface area contributed by atoms with E-state index in [2.05, 4.69) is 22.3 Å². The molecule has 0 aromatic heterocycles. The summed E-state index contributed by atoms with van der Waals surface area (Å²) >= 11 is 0. The number of hydrogen-bond acceptors (Lipinski definition) is 5. The molecule has 152 valence electrons. The molecule has 0 unspecified atom stereocenters. The summed E-state index contributed by atoms with van der Waals surface area (Å²) in [6.45, 7) is 6.51. The molecule has 0 bridgehead atoms. The van der Waals surface area contributed by atoms with E-state index < -0.39 is 0 Å². The van der Waals surface area contributed by atoms with Crippen molar-refractivity contribution in [2.45, 2.75) is 13.5 Å². The molecule has 7 nitrogen and oxygen atoms in total. The van der Waals surface area contributed by atoms with Crippen LogP contribution in [0.5, 0.6) is 11.5 Å². The van der Waals surface area contributed by atoms with Gasteiger partial charge in [0.05, 0.1) is 12.3 Å². The van der Waals surface area contributed by atoms with Crippen molar-refractivity contribution in [3.05, 3.63) is 53.6 Å². The lowest BCUT2D eigenvalue weighted by Crippen LogP contribution is -2.48. The highest BCUT2D eigenvalue weighted by molar-refractivity contribution is 5.99. The number of fused-ring (bicyclic) bond motifs is 1. The van der Waals surface area contributed by atoms with E-state index in [1.54, 1.807) is 18.2 Å². The minimum absolute atomic E-state index is 0.0105. The molecule has 4 rings (SSSR count). The van der Waals surface area contributed by atoms with Crippen molar-refractivity contribution in [3.8, 4) is 11.5 Å². The number of benzene rings is 2. The number of nitrogens with one attached hydrogen (secondary N) is 1. The first kappa shape index (κ1) is 19.3. The Balaban J connectivity index is 1.33. The quantitative estimate of drug-likeness (QED) is 0.842. The lowest BCUT2D eigenvalue weighted by Gasteiger charge is -2.35. The Morgan fingerprint density at radius 2 is 1.86 bits per heavy atom. The van der Waals surface area contributed by atoms with E-state index in [1.807, 2.05) is 24.0 Å². The highest BCUT2D eigenvalue weighted by Gasteiger charge is 2.24.